The van der Waals surface area contributed by atoms with Crippen LogP contribution < -0.4 is 10.1 Å². The average molecular weight is 483 g/mol. The van der Waals surface area contributed by atoms with E-state index in [1.165, 1.54) is 0 Å². The van der Waals surface area contributed by atoms with E-state index in [-0.39, 0.29) is 5.57 Å². The predicted molar refractivity (Wildman–Crippen MR) is 131 cm³/mol. The van der Waals surface area contributed by atoms with Crippen molar-refractivity contribution in [3.8, 4) is 11.8 Å². The number of halogens is 1. The summed E-state index contributed by atoms with van der Waals surface area (Å²) in [5, 5.41) is 14.5. The molecule has 0 aliphatic rings. The Balaban J connectivity index is 1.60. The number of carbonyl (C=O) groups excluding carboxylic acids is 1. The minimum Gasteiger partial charge on any atom is -0.488 e. The fraction of sp³-hybridized carbons (Fsp3) is 0.0370. The van der Waals surface area contributed by atoms with Crippen LogP contribution in [-0.2, 0) is 11.4 Å². The Kier molecular flexibility index (Phi) is 6.64. The topological polar surface area (TPSA) is 62.1 Å². The van der Waals surface area contributed by atoms with Crippen molar-refractivity contribution in [3.63, 3.8) is 0 Å². The van der Waals surface area contributed by atoms with E-state index in [4.69, 9.17) is 4.74 Å². The van der Waals surface area contributed by atoms with Crippen LogP contribution in [0.3, 0.4) is 0 Å². The molecule has 0 atom stereocenters. The molecule has 5 heteroatoms. The van der Waals surface area contributed by atoms with E-state index in [1.807, 2.05) is 97.1 Å². The fourth-order valence-electron chi connectivity index (χ4n) is 3.33. The zero-order valence-corrected chi connectivity index (χ0v) is 18.7. The van der Waals surface area contributed by atoms with Gasteiger partial charge in [-0.05, 0) is 41.3 Å². The molecule has 4 rings (SSSR count). The summed E-state index contributed by atoms with van der Waals surface area (Å²) in [5.74, 6) is 0.112. The Labute approximate surface area is 194 Å². The first-order valence-electron chi connectivity index (χ1n) is 10.0. The molecular weight excluding hydrogens is 464 g/mol. The molecule has 4 aromatic rings. The highest BCUT2D eigenvalue weighted by atomic mass is 79.9. The van der Waals surface area contributed by atoms with Gasteiger partial charge in [-0.1, -0.05) is 82.7 Å². The third kappa shape index (κ3) is 5.05. The minimum atomic E-state index is -0.474. The maximum absolute atomic E-state index is 12.9. The summed E-state index contributed by atoms with van der Waals surface area (Å²) < 4.78 is 6.79. The van der Waals surface area contributed by atoms with E-state index in [0.29, 0.717) is 23.6 Å². The second kappa shape index (κ2) is 9.95. The lowest BCUT2D eigenvalue weighted by atomic mass is 10.1. The van der Waals surface area contributed by atoms with Crippen molar-refractivity contribution in [2.75, 3.05) is 5.32 Å². The molecule has 0 aromatic heterocycles. The third-order valence-electron chi connectivity index (χ3n) is 4.91. The molecule has 1 N–H and O–H groups in total. The largest absolute Gasteiger partial charge is 0.488 e. The zero-order chi connectivity index (χ0) is 22.3. The van der Waals surface area contributed by atoms with Gasteiger partial charge in [0.2, 0.25) is 0 Å². The number of nitrogens with one attached hydrogen (secondary N) is 1. The molecule has 0 saturated heterocycles. The van der Waals surface area contributed by atoms with Crippen molar-refractivity contribution in [3.05, 3.63) is 112 Å². The Hall–Kier alpha value is -3.88. The minimum absolute atomic E-state index is 0.0133. The van der Waals surface area contributed by atoms with Gasteiger partial charge in [-0.3, -0.25) is 4.79 Å². The van der Waals surface area contributed by atoms with Crippen molar-refractivity contribution in [2.45, 2.75) is 6.61 Å². The Bertz CT molecular complexity index is 1340. The molecule has 4 nitrogen and oxygen atoms in total. The van der Waals surface area contributed by atoms with Gasteiger partial charge in [0.25, 0.3) is 5.91 Å². The van der Waals surface area contributed by atoms with Gasteiger partial charge in [0.1, 0.15) is 24.0 Å². The second-order valence-electron chi connectivity index (χ2n) is 7.11. The summed E-state index contributed by atoms with van der Waals surface area (Å²) in [6, 6.07) is 30.8. The first kappa shape index (κ1) is 21.4. The van der Waals surface area contributed by atoms with Crippen molar-refractivity contribution in [1.29, 1.82) is 5.26 Å². The highest BCUT2D eigenvalue weighted by Gasteiger charge is 2.13. The van der Waals surface area contributed by atoms with Crippen LogP contribution in [0.4, 0.5) is 5.69 Å². The molecule has 32 heavy (non-hydrogen) atoms. The van der Waals surface area contributed by atoms with Gasteiger partial charge in [0.05, 0.1) is 0 Å². The maximum atomic E-state index is 12.9. The van der Waals surface area contributed by atoms with Crippen LogP contribution in [-0.4, -0.2) is 5.91 Å². The highest BCUT2D eigenvalue weighted by molar-refractivity contribution is 9.10. The summed E-state index contributed by atoms with van der Waals surface area (Å²) >= 11 is 3.45. The molecule has 0 unspecified atom stereocenters. The Morgan fingerprint density at radius 1 is 0.969 bits per heavy atom. The van der Waals surface area contributed by atoms with Crippen LogP contribution in [0.25, 0.3) is 16.8 Å². The fourth-order valence-corrected chi connectivity index (χ4v) is 3.71. The van der Waals surface area contributed by atoms with E-state index in [2.05, 4.69) is 21.2 Å². The molecular formula is C27H19BrN2O2. The SMILES string of the molecule is N#C/C(=C\c1cc(Br)ccc1OCc1ccccc1)C(=O)Nc1cccc2ccccc12. The number of carbonyl (C=O) groups is 1. The first-order chi connectivity index (χ1) is 15.6. The van der Waals surface area contributed by atoms with Gasteiger partial charge >= 0.3 is 0 Å². The number of hydrogen-bond donors (Lipinski definition) is 1. The molecule has 0 spiro atoms. The molecule has 0 aliphatic heterocycles. The molecule has 0 radical (unpaired) electrons. The van der Waals surface area contributed by atoms with Crippen LogP contribution in [0.15, 0.2) is 101 Å². The number of rotatable bonds is 6. The van der Waals surface area contributed by atoms with E-state index in [0.717, 1.165) is 20.8 Å². The van der Waals surface area contributed by atoms with Gasteiger partial charge < -0.3 is 10.1 Å². The van der Waals surface area contributed by atoms with Crippen molar-refractivity contribution in [2.24, 2.45) is 0 Å². The zero-order valence-electron chi connectivity index (χ0n) is 17.1. The van der Waals surface area contributed by atoms with E-state index < -0.39 is 5.91 Å². The lowest BCUT2D eigenvalue weighted by Crippen LogP contribution is -2.13. The quantitative estimate of drug-likeness (QED) is 0.244. The summed E-state index contributed by atoms with van der Waals surface area (Å²) in [7, 11) is 0. The van der Waals surface area contributed by atoms with Crippen molar-refractivity contribution < 1.29 is 9.53 Å². The lowest BCUT2D eigenvalue weighted by Gasteiger charge is -2.11. The number of fused-ring (bicyclic) bond motifs is 1. The van der Waals surface area contributed by atoms with Gasteiger partial charge in [0, 0.05) is 21.1 Å². The smallest absolute Gasteiger partial charge is 0.266 e. The number of amides is 1. The molecule has 0 bridgehead atoms. The molecule has 4 aromatic carbocycles. The van der Waals surface area contributed by atoms with Crippen LogP contribution >= 0.6 is 15.9 Å². The number of ether oxygens (including phenoxy) is 1. The summed E-state index contributed by atoms with van der Waals surface area (Å²) in [5.41, 5.74) is 2.31. The van der Waals surface area contributed by atoms with E-state index >= 15 is 0 Å². The highest BCUT2D eigenvalue weighted by Crippen LogP contribution is 2.28. The first-order valence-corrected chi connectivity index (χ1v) is 10.8. The van der Waals surface area contributed by atoms with E-state index in [1.54, 1.807) is 6.08 Å². The van der Waals surface area contributed by atoms with Gasteiger partial charge in [0.15, 0.2) is 0 Å². The molecule has 0 saturated carbocycles. The van der Waals surface area contributed by atoms with Crippen LogP contribution in [0, 0.1) is 11.3 Å². The standard InChI is InChI=1S/C27H19BrN2O2/c28-23-13-14-26(32-18-19-7-2-1-3-8-19)21(16-23)15-22(17-29)27(31)30-25-12-6-10-20-9-4-5-11-24(20)25/h1-16H,18H2,(H,30,31)/b22-15+. The molecule has 0 heterocycles. The maximum Gasteiger partial charge on any atom is 0.266 e. The van der Waals surface area contributed by atoms with Crippen LogP contribution in [0.5, 0.6) is 5.75 Å². The van der Waals surface area contributed by atoms with Gasteiger partial charge in [-0.15, -0.1) is 0 Å². The molecule has 156 valence electrons. The summed E-state index contributed by atoms with van der Waals surface area (Å²) in [6.07, 6.45) is 1.55. The number of nitriles is 1. The van der Waals surface area contributed by atoms with E-state index in [9.17, 15) is 10.1 Å². The van der Waals surface area contributed by atoms with Gasteiger partial charge in [-0.2, -0.15) is 5.26 Å². The summed E-state index contributed by atoms with van der Waals surface area (Å²) in [6.45, 7) is 0.382. The van der Waals surface area contributed by atoms with Crippen molar-refractivity contribution >= 4 is 44.4 Å². The number of benzene rings is 4. The number of hydrogen-bond acceptors (Lipinski definition) is 3. The van der Waals surface area contributed by atoms with Crippen LogP contribution in [0.1, 0.15) is 11.1 Å². The number of anilines is 1. The predicted octanol–water partition coefficient (Wildman–Crippen LogP) is 6.73. The average Bonchev–Trinajstić information content (AvgIpc) is 2.83. The van der Waals surface area contributed by atoms with Gasteiger partial charge in [-0.25, -0.2) is 0 Å². The van der Waals surface area contributed by atoms with Crippen LogP contribution in [0.2, 0.25) is 0 Å². The number of nitrogens with zero attached hydrogens (tertiary/aromatic N) is 1. The second-order valence-corrected chi connectivity index (χ2v) is 8.02. The third-order valence-corrected chi connectivity index (χ3v) is 5.41. The Morgan fingerprint density at radius 3 is 2.53 bits per heavy atom. The molecule has 0 fully saturated rings. The summed E-state index contributed by atoms with van der Waals surface area (Å²) in [4.78, 5) is 12.9. The van der Waals surface area contributed by atoms with Crippen molar-refractivity contribution in [1.82, 2.24) is 0 Å². The molecule has 0 aliphatic carbocycles. The Morgan fingerprint density at radius 2 is 1.72 bits per heavy atom. The lowest BCUT2D eigenvalue weighted by molar-refractivity contribution is -0.112. The molecule has 1 amide bonds. The normalized spacial score (nSPS) is 11.1. The monoisotopic (exact) mass is 482 g/mol.